The number of esters is 1. The molecule has 1 atom stereocenters. The highest BCUT2D eigenvalue weighted by Crippen LogP contribution is 2.29. The fourth-order valence-corrected chi connectivity index (χ4v) is 3.04. The van der Waals surface area contributed by atoms with Crippen LogP contribution in [0, 0.1) is 6.92 Å². The van der Waals surface area contributed by atoms with Crippen LogP contribution < -0.4 is 11.1 Å². The van der Waals surface area contributed by atoms with Crippen molar-refractivity contribution in [3.05, 3.63) is 40.4 Å². The van der Waals surface area contributed by atoms with E-state index < -0.39 is 24.0 Å². The number of aromatic nitrogens is 1. The molecule has 0 radical (unpaired) electrons. The summed E-state index contributed by atoms with van der Waals surface area (Å²) in [6.45, 7) is 5.13. The maximum atomic E-state index is 12.3. The van der Waals surface area contributed by atoms with Crippen LogP contribution in [0.2, 0.25) is 0 Å². The maximum absolute atomic E-state index is 12.3. The summed E-state index contributed by atoms with van der Waals surface area (Å²) in [7, 11) is 0. The first-order chi connectivity index (χ1) is 11.8. The van der Waals surface area contributed by atoms with E-state index in [4.69, 9.17) is 10.5 Å². The minimum Gasteiger partial charge on any atom is -0.448 e. The van der Waals surface area contributed by atoms with E-state index in [9.17, 15) is 14.4 Å². The number of hydrogen-bond donors (Lipinski definition) is 2. The fraction of sp³-hybridized carbons (Fsp3) is 0.294. The van der Waals surface area contributed by atoms with Crippen molar-refractivity contribution in [3.63, 3.8) is 0 Å². The molecule has 3 N–H and O–H groups in total. The van der Waals surface area contributed by atoms with Gasteiger partial charge >= 0.3 is 12.0 Å². The third kappa shape index (κ3) is 4.63. The molecule has 0 aliphatic heterocycles. The van der Waals surface area contributed by atoms with E-state index in [-0.39, 0.29) is 0 Å². The predicted octanol–water partition coefficient (Wildman–Crippen LogP) is 2.42. The van der Waals surface area contributed by atoms with Crippen molar-refractivity contribution in [1.82, 2.24) is 10.3 Å². The van der Waals surface area contributed by atoms with Gasteiger partial charge in [-0.15, -0.1) is 11.3 Å². The maximum Gasteiger partial charge on any atom is 0.351 e. The zero-order valence-corrected chi connectivity index (χ0v) is 15.0. The molecule has 1 aromatic carbocycles. The van der Waals surface area contributed by atoms with Gasteiger partial charge in [-0.1, -0.05) is 31.2 Å². The Labute approximate surface area is 149 Å². The number of benzene rings is 1. The van der Waals surface area contributed by atoms with Gasteiger partial charge in [0.1, 0.15) is 9.88 Å². The highest BCUT2D eigenvalue weighted by molar-refractivity contribution is 7.17. The average Bonchev–Trinajstić information content (AvgIpc) is 2.96. The lowest BCUT2D eigenvalue weighted by Crippen LogP contribution is -2.42. The van der Waals surface area contributed by atoms with Crippen LogP contribution >= 0.6 is 11.3 Å². The van der Waals surface area contributed by atoms with Gasteiger partial charge in [0, 0.05) is 5.56 Å². The van der Waals surface area contributed by atoms with Crippen LogP contribution in [0.4, 0.5) is 4.79 Å². The molecule has 132 valence electrons. The molecular formula is C17H19N3O4S. The number of primary amides is 1. The predicted molar refractivity (Wildman–Crippen MR) is 94.3 cm³/mol. The van der Waals surface area contributed by atoms with Gasteiger partial charge < -0.3 is 10.5 Å². The topological polar surface area (TPSA) is 111 Å². The van der Waals surface area contributed by atoms with Crippen molar-refractivity contribution in [3.8, 4) is 10.6 Å². The second kappa shape index (κ2) is 7.89. The van der Waals surface area contributed by atoms with Crippen molar-refractivity contribution in [1.29, 1.82) is 0 Å². The van der Waals surface area contributed by atoms with Gasteiger partial charge in [-0.2, -0.15) is 0 Å². The molecule has 2 rings (SSSR count). The Hall–Kier alpha value is -2.74. The number of nitrogens with zero attached hydrogens (tertiary/aromatic N) is 1. The number of aryl methyl sites for hydroxylation is 2. The summed E-state index contributed by atoms with van der Waals surface area (Å²) >= 11 is 1.19. The van der Waals surface area contributed by atoms with E-state index in [0.29, 0.717) is 15.6 Å². The number of carbonyl (C=O) groups is 3. The van der Waals surface area contributed by atoms with Crippen molar-refractivity contribution < 1.29 is 19.1 Å². The van der Waals surface area contributed by atoms with Crippen molar-refractivity contribution >= 4 is 29.2 Å². The van der Waals surface area contributed by atoms with E-state index in [2.05, 4.69) is 11.9 Å². The molecule has 0 saturated carbocycles. The third-order valence-electron chi connectivity index (χ3n) is 3.49. The summed E-state index contributed by atoms with van der Waals surface area (Å²) in [6, 6.07) is 6.94. The largest absolute Gasteiger partial charge is 0.448 e. The summed E-state index contributed by atoms with van der Waals surface area (Å²) in [5, 5.41) is 2.56. The Morgan fingerprint density at radius 3 is 2.48 bits per heavy atom. The molecule has 3 amide bonds. The molecule has 0 saturated heterocycles. The highest BCUT2D eigenvalue weighted by atomic mass is 32.1. The first-order valence-electron chi connectivity index (χ1n) is 7.69. The number of nitrogens with two attached hydrogens (primary N) is 1. The highest BCUT2D eigenvalue weighted by Gasteiger charge is 2.23. The van der Waals surface area contributed by atoms with Gasteiger partial charge in [0.05, 0.1) is 5.69 Å². The van der Waals surface area contributed by atoms with E-state index in [0.717, 1.165) is 12.0 Å². The van der Waals surface area contributed by atoms with Crippen LogP contribution in [0.1, 0.15) is 34.8 Å². The van der Waals surface area contributed by atoms with E-state index in [1.54, 1.807) is 6.92 Å². The number of hydrogen-bond acceptors (Lipinski definition) is 6. The smallest absolute Gasteiger partial charge is 0.351 e. The van der Waals surface area contributed by atoms with Crippen molar-refractivity contribution in [2.75, 3.05) is 0 Å². The Morgan fingerprint density at radius 2 is 1.92 bits per heavy atom. The number of amides is 3. The van der Waals surface area contributed by atoms with Gasteiger partial charge in [-0.25, -0.2) is 14.6 Å². The zero-order chi connectivity index (χ0) is 18.6. The lowest BCUT2D eigenvalue weighted by atomic mass is 10.1. The third-order valence-corrected chi connectivity index (χ3v) is 4.68. The van der Waals surface area contributed by atoms with Gasteiger partial charge in [0.25, 0.3) is 5.91 Å². The molecule has 0 fully saturated rings. The van der Waals surface area contributed by atoms with Crippen molar-refractivity contribution in [2.45, 2.75) is 33.3 Å². The SMILES string of the molecule is CCc1ccc(-c2nc(C)c(C(=O)O[C@H](C)C(=O)NC(N)=O)s2)cc1. The Bertz CT molecular complexity index is 799. The summed E-state index contributed by atoms with van der Waals surface area (Å²) in [5.41, 5.74) is 7.51. The molecule has 25 heavy (non-hydrogen) atoms. The lowest BCUT2D eigenvalue weighted by Gasteiger charge is -2.11. The summed E-state index contributed by atoms with van der Waals surface area (Å²) in [4.78, 5) is 39.2. The average molecular weight is 361 g/mol. The zero-order valence-electron chi connectivity index (χ0n) is 14.2. The Kier molecular flexibility index (Phi) is 5.87. The van der Waals surface area contributed by atoms with Crippen LogP contribution in [-0.2, 0) is 16.0 Å². The first-order valence-corrected chi connectivity index (χ1v) is 8.51. The first kappa shape index (κ1) is 18.6. The Morgan fingerprint density at radius 1 is 1.28 bits per heavy atom. The van der Waals surface area contributed by atoms with Crippen LogP contribution in [0.25, 0.3) is 10.6 Å². The van der Waals surface area contributed by atoms with Gasteiger partial charge in [0.2, 0.25) is 0 Å². The molecular weight excluding hydrogens is 342 g/mol. The van der Waals surface area contributed by atoms with Gasteiger partial charge in [-0.3, -0.25) is 10.1 Å². The number of nitrogens with one attached hydrogen (secondary N) is 1. The number of rotatable bonds is 5. The van der Waals surface area contributed by atoms with Crippen LogP contribution in [-0.4, -0.2) is 29.0 Å². The molecule has 8 heteroatoms. The number of urea groups is 1. The van der Waals surface area contributed by atoms with Crippen LogP contribution in [0.3, 0.4) is 0 Å². The van der Waals surface area contributed by atoms with Crippen LogP contribution in [0.5, 0.6) is 0 Å². The minimum absolute atomic E-state index is 0.313. The molecule has 0 unspecified atom stereocenters. The normalized spacial score (nSPS) is 11.6. The lowest BCUT2D eigenvalue weighted by molar-refractivity contribution is -0.127. The molecule has 2 aromatic rings. The van der Waals surface area contributed by atoms with Gasteiger partial charge in [-0.05, 0) is 25.8 Å². The van der Waals surface area contributed by atoms with Crippen molar-refractivity contribution in [2.24, 2.45) is 5.73 Å². The fourth-order valence-electron chi connectivity index (χ4n) is 2.08. The molecule has 0 aliphatic rings. The number of ether oxygens (including phenoxy) is 1. The molecule has 7 nitrogen and oxygen atoms in total. The second-order valence-corrected chi connectivity index (χ2v) is 6.38. The van der Waals surface area contributed by atoms with Crippen LogP contribution in [0.15, 0.2) is 24.3 Å². The summed E-state index contributed by atoms with van der Waals surface area (Å²) < 4.78 is 5.08. The molecule has 1 heterocycles. The second-order valence-electron chi connectivity index (χ2n) is 5.39. The number of thiazole rings is 1. The quantitative estimate of drug-likeness (QED) is 0.795. The van der Waals surface area contributed by atoms with E-state index >= 15 is 0 Å². The minimum atomic E-state index is -1.14. The summed E-state index contributed by atoms with van der Waals surface area (Å²) in [5.74, 6) is -1.45. The van der Waals surface area contributed by atoms with E-state index in [1.807, 2.05) is 29.6 Å². The number of imide groups is 1. The monoisotopic (exact) mass is 361 g/mol. The summed E-state index contributed by atoms with van der Waals surface area (Å²) in [6.07, 6.45) is -0.200. The molecule has 0 aliphatic carbocycles. The number of carbonyl (C=O) groups excluding carboxylic acids is 3. The molecule has 0 spiro atoms. The standard InChI is InChI=1S/C17H19N3O4S/c1-4-11-5-7-12(8-6-11)15-19-9(2)13(25-15)16(22)24-10(3)14(21)20-17(18)23/h5-8,10H,4H2,1-3H3,(H3,18,20,21,23)/t10-/m1/s1. The molecule has 0 bridgehead atoms. The molecule has 1 aromatic heterocycles. The van der Waals surface area contributed by atoms with E-state index in [1.165, 1.54) is 23.8 Å². The Balaban J connectivity index is 2.14. The van der Waals surface area contributed by atoms with Gasteiger partial charge in [0.15, 0.2) is 6.10 Å².